The first-order chi connectivity index (χ1) is 12.3. The molecule has 10 nitrogen and oxygen atoms in total. The van der Waals surface area contributed by atoms with Crippen molar-refractivity contribution in [1.29, 1.82) is 0 Å². The zero-order valence-electron chi connectivity index (χ0n) is 13.8. The lowest BCUT2D eigenvalue weighted by atomic mass is 10.2. The van der Waals surface area contributed by atoms with Crippen molar-refractivity contribution in [1.82, 2.24) is 40.4 Å². The fourth-order valence-corrected chi connectivity index (χ4v) is 2.27. The third kappa shape index (κ3) is 4.43. The van der Waals surface area contributed by atoms with Crippen molar-refractivity contribution in [2.75, 3.05) is 6.61 Å². The van der Waals surface area contributed by atoms with Crippen LogP contribution in [-0.2, 0) is 29.0 Å². The summed E-state index contributed by atoms with van der Waals surface area (Å²) in [5, 5.41) is 23.8. The fraction of sp³-hybridized carbons (Fsp3) is 0.400. The van der Waals surface area contributed by atoms with Crippen molar-refractivity contribution >= 4 is 5.97 Å². The first-order valence-corrected chi connectivity index (χ1v) is 8.00. The number of hydrogen-bond acceptors (Lipinski definition) is 8. The highest BCUT2D eigenvalue weighted by atomic mass is 16.5. The SMILES string of the molecule is CCOC(=O)Cn1nnnc1CCCn1nnc(-c2ccccc2)n1. The fourth-order valence-electron chi connectivity index (χ4n) is 2.27. The number of esters is 1. The standard InChI is InChI=1S/C15H18N8O2/c1-2-25-14(24)11-22-13(16-19-21-22)9-6-10-23-18-15(17-20-23)12-7-4-3-5-8-12/h3-5,7-8H,2,6,9-11H2,1H3. The summed E-state index contributed by atoms with van der Waals surface area (Å²) >= 11 is 0. The normalized spacial score (nSPS) is 10.8. The van der Waals surface area contributed by atoms with Gasteiger partial charge in [-0.2, -0.15) is 4.80 Å². The number of hydrogen-bond donors (Lipinski definition) is 0. The summed E-state index contributed by atoms with van der Waals surface area (Å²) in [6.45, 7) is 2.67. The highest BCUT2D eigenvalue weighted by Crippen LogP contribution is 2.12. The Balaban J connectivity index is 1.53. The Kier molecular flexibility index (Phi) is 5.39. The van der Waals surface area contributed by atoms with Crippen molar-refractivity contribution in [2.45, 2.75) is 32.9 Å². The highest BCUT2D eigenvalue weighted by Gasteiger charge is 2.11. The van der Waals surface area contributed by atoms with Crippen molar-refractivity contribution < 1.29 is 9.53 Å². The van der Waals surface area contributed by atoms with Crippen LogP contribution in [0.1, 0.15) is 19.2 Å². The lowest BCUT2D eigenvalue weighted by Crippen LogP contribution is -2.17. The molecule has 10 heteroatoms. The van der Waals surface area contributed by atoms with Gasteiger partial charge in [-0.3, -0.25) is 4.79 Å². The molecular weight excluding hydrogens is 324 g/mol. The number of ether oxygens (including phenoxy) is 1. The molecule has 0 fully saturated rings. The molecule has 0 radical (unpaired) electrons. The van der Waals surface area contributed by atoms with Crippen LogP contribution >= 0.6 is 0 Å². The second kappa shape index (κ2) is 8.08. The molecule has 0 amide bonds. The van der Waals surface area contributed by atoms with Crippen molar-refractivity contribution in [3.8, 4) is 11.4 Å². The Morgan fingerprint density at radius 1 is 1.16 bits per heavy atom. The molecule has 0 saturated carbocycles. The summed E-state index contributed by atoms with van der Waals surface area (Å²) < 4.78 is 6.35. The first-order valence-electron chi connectivity index (χ1n) is 8.00. The quantitative estimate of drug-likeness (QED) is 0.544. The molecule has 3 aromatic rings. The molecule has 0 N–H and O–H groups in total. The predicted molar refractivity (Wildman–Crippen MR) is 86.0 cm³/mol. The van der Waals surface area contributed by atoms with Gasteiger partial charge in [-0.15, -0.1) is 15.3 Å². The van der Waals surface area contributed by atoms with Gasteiger partial charge in [-0.1, -0.05) is 30.3 Å². The number of aryl methyl sites for hydroxylation is 2. The van der Waals surface area contributed by atoms with E-state index in [0.717, 1.165) is 5.56 Å². The van der Waals surface area contributed by atoms with E-state index in [0.29, 0.717) is 37.6 Å². The van der Waals surface area contributed by atoms with E-state index in [1.54, 1.807) is 11.7 Å². The van der Waals surface area contributed by atoms with E-state index in [1.807, 2.05) is 30.3 Å². The Morgan fingerprint density at radius 2 is 2.00 bits per heavy atom. The second-order valence-electron chi connectivity index (χ2n) is 5.24. The minimum Gasteiger partial charge on any atom is -0.465 e. The number of rotatable bonds is 8. The molecule has 25 heavy (non-hydrogen) atoms. The molecule has 0 aliphatic rings. The van der Waals surface area contributed by atoms with Gasteiger partial charge in [0, 0.05) is 12.0 Å². The van der Waals surface area contributed by atoms with Crippen LogP contribution in [0, 0.1) is 0 Å². The van der Waals surface area contributed by atoms with E-state index in [-0.39, 0.29) is 12.5 Å². The van der Waals surface area contributed by atoms with Gasteiger partial charge >= 0.3 is 5.97 Å². The summed E-state index contributed by atoms with van der Waals surface area (Å²) in [6.07, 6.45) is 1.31. The molecular formula is C15H18N8O2. The number of benzene rings is 1. The molecule has 3 rings (SSSR count). The van der Waals surface area contributed by atoms with E-state index in [9.17, 15) is 4.79 Å². The van der Waals surface area contributed by atoms with Gasteiger partial charge in [0.2, 0.25) is 5.82 Å². The lowest BCUT2D eigenvalue weighted by molar-refractivity contribution is -0.144. The monoisotopic (exact) mass is 342 g/mol. The molecule has 0 aliphatic heterocycles. The number of aromatic nitrogens is 8. The Labute approximate surface area is 143 Å². The van der Waals surface area contributed by atoms with Gasteiger partial charge in [0.25, 0.3) is 0 Å². The predicted octanol–water partition coefficient (Wildman–Crippen LogP) is 0.522. The van der Waals surface area contributed by atoms with Crippen molar-refractivity contribution in [2.24, 2.45) is 0 Å². The van der Waals surface area contributed by atoms with Gasteiger partial charge in [0.1, 0.15) is 6.54 Å². The minimum absolute atomic E-state index is 0.00983. The lowest BCUT2D eigenvalue weighted by Gasteiger charge is -2.04. The number of carbonyl (C=O) groups is 1. The maximum absolute atomic E-state index is 11.5. The summed E-state index contributed by atoms with van der Waals surface area (Å²) in [5.41, 5.74) is 0.923. The maximum atomic E-state index is 11.5. The van der Waals surface area contributed by atoms with E-state index in [2.05, 4.69) is 30.9 Å². The summed E-state index contributed by atoms with van der Waals surface area (Å²) in [7, 11) is 0. The molecule has 0 aliphatic carbocycles. The molecule has 130 valence electrons. The summed E-state index contributed by atoms with van der Waals surface area (Å²) in [6, 6.07) is 9.67. The highest BCUT2D eigenvalue weighted by molar-refractivity contribution is 5.69. The third-order valence-electron chi connectivity index (χ3n) is 3.43. The summed E-state index contributed by atoms with van der Waals surface area (Å²) in [4.78, 5) is 13.1. The third-order valence-corrected chi connectivity index (χ3v) is 3.43. The van der Waals surface area contributed by atoms with E-state index in [4.69, 9.17) is 4.74 Å². The van der Waals surface area contributed by atoms with Crippen LogP contribution < -0.4 is 0 Å². The Bertz CT molecular complexity index is 814. The average molecular weight is 342 g/mol. The van der Waals surface area contributed by atoms with Crippen LogP contribution in [0.15, 0.2) is 30.3 Å². The molecule has 1 aromatic carbocycles. The number of carbonyl (C=O) groups excluding carboxylic acids is 1. The van der Waals surface area contributed by atoms with Gasteiger partial charge in [-0.05, 0) is 29.0 Å². The van der Waals surface area contributed by atoms with Gasteiger partial charge in [0.15, 0.2) is 5.82 Å². The number of tetrazole rings is 2. The molecule has 2 aromatic heterocycles. The molecule has 0 spiro atoms. The first kappa shape index (κ1) is 16.7. The van der Waals surface area contributed by atoms with Crippen LogP contribution in [0.25, 0.3) is 11.4 Å². The Hall–Kier alpha value is -3.17. The van der Waals surface area contributed by atoms with Crippen LogP contribution in [0.5, 0.6) is 0 Å². The minimum atomic E-state index is -0.360. The summed E-state index contributed by atoms with van der Waals surface area (Å²) in [5.74, 6) is 0.852. The van der Waals surface area contributed by atoms with E-state index in [1.165, 1.54) is 4.68 Å². The molecule has 0 unspecified atom stereocenters. The topological polar surface area (TPSA) is 114 Å². The molecule has 2 heterocycles. The van der Waals surface area contributed by atoms with Gasteiger partial charge in [0.05, 0.1) is 13.2 Å². The molecule has 0 bridgehead atoms. The van der Waals surface area contributed by atoms with E-state index < -0.39 is 0 Å². The van der Waals surface area contributed by atoms with Gasteiger partial charge < -0.3 is 4.74 Å². The zero-order chi connectivity index (χ0) is 17.5. The zero-order valence-corrected chi connectivity index (χ0v) is 13.8. The average Bonchev–Trinajstić information content (AvgIpc) is 3.26. The van der Waals surface area contributed by atoms with Crippen molar-refractivity contribution in [3.05, 3.63) is 36.2 Å². The van der Waals surface area contributed by atoms with E-state index >= 15 is 0 Å². The van der Waals surface area contributed by atoms with Gasteiger partial charge in [-0.25, -0.2) is 4.68 Å². The Morgan fingerprint density at radius 3 is 2.80 bits per heavy atom. The molecule has 0 atom stereocenters. The van der Waals surface area contributed by atoms with Crippen LogP contribution in [-0.4, -0.2) is 53.0 Å². The van der Waals surface area contributed by atoms with Crippen molar-refractivity contribution in [3.63, 3.8) is 0 Å². The van der Waals surface area contributed by atoms with Crippen LogP contribution in [0.4, 0.5) is 0 Å². The van der Waals surface area contributed by atoms with Crippen LogP contribution in [0.2, 0.25) is 0 Å². The maximum Gasteiger partial charge on any atom is 0.327 e. The molecule has 0 saturated heterocycles. The second-order valence-corrected chi connectivity index (χ2v) is 5.24. The van der Waals surface area contributed by atoms with Crippen LogP contribution in [0.3, 0.4) is 0 Å². The number of nitrogens with zero attached hydrogens (tertiary/aromatic N) is 8. The largest absolute Gasteiger partial charge is 0.465 e. The smallest absolute Gasteiger partial charge is 0.327 e.